The number of nitrogens with zero attached hydrogens (tertiary/aromatic N) is 2. The molecule has 0 fully saturated rings. The molecule has 0 bridgehead atoms. The average Bonchev–Trinajstić information content (AvgIpc) is 3.49. The van der Waals surface area contributed by atoms with Gasteiger partial charge < -0.3 is 20.2 Å². The van der Waals surface area contributed by atoms with Gasteiger partial charge in [-0.1, -0.05) is 22.3 Å². The van der Waals surface area contributed by atoms with Crippen LogP contribution in [-0.2, 0) is 23.6 Å². The molecule has 47 heavy (non-hydrogen) atoms. The molecule has 0 radical (unpaired) electrons. The number of aromatic nitrogens is 2. The minimum absolute atomic E-state index is 0. The lowest BCUT2D eigenvalue weighted by molar-refractivity contribution is -0.260. The van der Waals surface area contributed by atoms with Gasteiger partial charge in [-0.3, -0.25) is 0 Å². The van der Waals surface area contributed by atoms with Crippen LogP contribution in [0.1, 0.15) is 58.6 Å². The van der Waals surface area contributed by atoms with Crippen LogP contribution in [0.4, 0.5) is 64.1 Å². The summed E-state index contributed by atoms with van der Waals surface area (Å²) >= 11 is 0. The van der Waals surface area contributed by atoms with Gasteiger partial charge in [0.15, 0.2) is 22.6 Å². The second kappa shape index (κ2) is 13.4. The summed E-state index contributed by atoms with van der Waals surface area (Å²) in [6.45, 7) is 14.5. The molecule has 2 heterocycles. The monoisotopic (exact) mass is 692 g/mol. The summed E-state index contributed by atoms with van der Waals surface area (Å²) in [7, 11) is 0. The molecule has 4 rings (SSSR count). The SMILES string of the molecule is C.C.C.[C-]#[N+]c1cc2cc(C(C)(O)C(F)(F)F)[nH]c2cc1C(F)(F)F.[C-]#[N+]c1cc2cc(C(C)(O)C(F)(F)F)[nH]c2cc1C(F)(F)F. The van der Waals surface area contributed by atoms with Crippen molar-refractivity contribution in [3.8, 4) is 0 Å². The highest BCUT2D eigenvalue weighted by atomic mass is 19.4. The molecule has 4 aromatic rings. The molecule has 0 aliphatic carbocycles. The molecule has 0 amide bonds. The van der Waals surface area contributed by atoms with Crippen LogP contribution in [0.15, 0.2) is 36.4 Å². The van der Waals surface area contributed by atoms with Gasteiger partial charge in [0.2, 0.25) is 0 Å². The Hall–Kier alpha value is -4.42. The summed E-state index contributed by atoms with van der Waals surface area (Å²) in [6.07, 6.45) is -19.6. The molecule has 260 valence electrons. The third-order valence-corrected chi connectivity index (χ3v) is 6.48. The van der Waals surface area contributed by atoms with Crippen molar-refractivity contribution in [1.29, 1.82) is 0 Å². The van der Waals surface area contributed by atoms with E-state index in [4.69, 9.17) is 13.1 Å². The summed E-state index contributed by atoms with van der Waals surface area (Å²) in [5.41, 5.74) is -12.4. The van der Waals surface area contributed by atoms with E-state index in [9.17, 15) is 62.9 Å². The van der Waals surface area contributed by atoms with Crippen LogP contribution < -0.4 is 0 Å². The molecular formula is C29H28F12N4O2. The Labute approximate surface area is 260 Å². The van der Waals surface area contributed by atoms with Gasteiger partial charge in [-0.15, -0.1) is 0 Å². The van der Waals surface area contributed by atoms with E-state index < -0.39 is 69.8 Å². The third kappa shape index (κ3) is 8.12. The number of aliphatic hydroxyl groups is 2. The zero-order chi connectivity index (χ0) is 33.8. The molecular weight excluding hydrogens is 664 g/mol. The van der Waals surface area contributed by atoms with Gasteiger partial charge in [-0.05, 0) is 61.0 Å². The Morgan fingerprint density at radius 2 is 0.809 bits per heavy atom. The van der Waals surface area contributed by atoms with Crippen molar-refractivity contribution in [2.24, 2.45) is 0 Å². The third-order valence-electron chi connectivity index (χ3n) is 6.48. The second-order valence-electron chi connectivity index (χ2n) is 9.64. The maximum absolute atomic E-state index is 12.8. The first kappa shape index (κ1) is 42.6. The number of aromatic amines is 2. The Bertz CT molecular complexity index is 1660. The first-order valence-corrected chi connectivity index (χ1v) is 11.6. The van der Waals surface area contributed by atoms with Crippen molar-refractivity contribution in [1.82, 2.24) is 9.97 Å². The van der Waals surface area contributed by atoms with Crippen LogP contribution in [0, 0.1) is 13.1 Å². The average molecular weight is 693 g/mol. The zero-order valence-electron chi connectivity index (χ0n) is 21.8. The molecule has 0 spiro atoms. The molecule has 2 atom stereocenters. The minimum atomic E-state index is -5.01. The van der Waals surface area contributed by atoms with Crippen LogP contribution in [0.3, 0.4) is 0 Å². The van der Waals surface area contributed by atoms with E-state index in [1.54, 1.807) is 0 Å². The molecule has 6 nitrogen and oxygen atoms in total. The molecule has 0 aliphatic heterocycles. The van der Waals surface area contributed by atoms with Crippen molar-refractivity contribution < 1.29 is 62.9 Å². The fourth-order valence-electron chi connectivity index (χ4n) is 3.81. The fourth-order valence-corrected chi connectivity index (χ4v) is 3.81. The normalized spacial score (nSPS) is 14.6. The van der Waals surface area contributed by atoms with Crippen molar-refractivity contribution >= 4 is 33.2 Å². The van der Waals surface area contributed by atoms with E-state index in [1.807, 2.05) is 0 Å². The predicted octanol–water partition coefficient (Wildman–Crippen LogP) is 10.9. The largest absolute Gasteiger partial charge is 0.422 e. The fraction of sp³-hybridized carbons (Fsp3) is 0.379. The number of nitrogens with one attached hydrogen (secondary N) is 2. The van der Waals surface area contributed by atoms with E-state index in [-0.39, 0.29) is 44.1 Å². The Kier molecular flexibility index (Phi) is 12.1. The van der Waals surface area contributed by atoms with Crippen LogP contribution in [0.25, 0.3) is 31.5 Å². The lowest BCUT2D eigenvalue weighted by Crippen LogP contribution is -2.39. The van der Waals surface area contributed by atoms with Crippen molar-refractivity contribution in [3.05, 3.63) is 81.7 Å². The summed E-state index contributed by atoms with van der Waals surface area (Å²) in [4.78, 5) is 9.74. The molecule has 0 saturated carbocycles. The van der Waals surface area contributed by atoms with E-state index in [1.165, 1.54) is 0 Å². The maximum Gasteiger partial charge on any atom is 0.422 e. The van der Waals surface area contributed by atoms with Crippen molar-refractivity contribution in [2.75, 3.05) is 0 Å². The summed E-state index contributed by atoms with van der Waals surface area (Å²) in [5, 5.41) is 19.0. The van der Waals surface area contributed by atoms with Crippen molar-refractivity contribution in [3.63, 3.8) is 0 Å². The van der Waals surface area contributed by atoms with Crippen LogP contribution >= 0.6 is 0 Å². The number of benzene rings is 2. The molecule has 0 aliphatic rings. The van der Waals surface area contributed by atoms with Crippen molar-refractivity contribution in [2.45, 2.75) is 72.0 Å². The van der Waals surface area contributed by atoms with E-state index in [2.05, 4.69) is 19.7 Å². The highest BCUT2D eigenvalue weighted by Crippen LogP contribution is 2.44. The number of hydrogen-bond donors (Lipinski definition) is 4. The number of fused-ring (bicyclic) bond motifs is 2. The van der Waals surface area contributed by atoms with Crippen LogP contribution in [0.2, 0.25) is 0 Å². The maximum atomic E-state index is 12.8. The van der Waals surface area contributed by atoms with Gasteiger partial charge in [0.25, 0.3) is 0 Å². The predicted molar refractivity (Wildman–Crippen MR) is 151 cm³/mol. The number of hydrogen-bond acceptors (Lipinski definition) is 2. The molecule has 4 N–H and O–H groups in total. The molecule has 18 heteroatoms. The van der Waals surface area contributed by atoms with Gasteiger partial charge in [0.1, 0.15) is 0 Å². The lowest BCUT2D eigenvalue weighted by atomic mass is 10.0. The highest BCUT2D eigenvalue weighted by Gasteiger charge is 2.53. The van der Waals surface area contributed by atoms with E-state index >= 15 is 0 Å². The standard InChI is InChI=1S/2C13H8F6N2O.3CH4/c2*1-11(22,13(17,18)19)10-4-6-3-9(20-2)7(12(14,15)16)5-8(6)21-10;;;/h2*3-5,21-22H,1H3;3*1H4. The van der Waals surface area contributed by atoms with Gasteiger partial charge in [-0.2, -0.15) is 52.7 Å². The minimum Gasteiger partial charge on any atom is -0.375 e. The lowest BCUT2D eigenvalue weighted by Gasteiger charge is -2.24. The summed E-state index contributed by atoms with van der Waals surface area (Å²) in [5.74, 6) is 0. The first-order chi connectivity index (χ1) is 19.8. The van der Waals surface area contributed by atoms with Crippen LogP contribution in [-0.4, -0.2) is 32.5 Å². The first-order valence-electron chi connectivity index (χ1n) is 11.6. The summed E-state index contributed by atoms with van der Waals surface area (Å²) < 4.78 is 153. The smallest absolute Gasteiger partial charge is 0.375 e. The van der Waals surface area contributed by atoms with Gasteiger partial charge in [0.05, 0.1) is 35.7 Å². The number of rotatable bonds is 2. The van der Waals surface area contributed by atoms with Crippen LogP contribution in [0.5, 0.6) is 0 Å². The van der Waals surface area contributed by atoms with Gasteiger partial charge in [-0.25, -0.2) is 9.69 Å². The van der Waals surface area contributed by atoms with Gasteiger partial charge >= 0.3 is 24.7 Å². The Morgan fingerprint density at radius 3 is 1.02 bits per heavy atom. The van der Waals surface area contributed by atoms with Gasteiger partial charge in [0, 0.05) is 11.0 Å². The molecule has 2 aromatic heterocycles. The number of H-pyrrole nitrogens is 2. The second-order valence-corrected chi connectivity index (χ2v) is 9.64. The summed E-state index contributed by atoms with van der Waals surface area (Å²) in [6, 6.07) is 4.52. The quantitative estimate of drug-likeness (QED) is 0.125. The van der Waals surface area contributed by atoms with E-state index in [0.717, 1.165) is 24.3 Å². The van der Waals surface area contributed by atoms with E-state index in [0.29, 0.717) is 26.0 Å². The number of halogens is 12. The highest BCUT2D eigenvalue weighted by molar-refractivity contribution is 5.87. The number of alkyl halides is 12. The molecule has 2 aromatic carbocycles. The Balaban J connectivity index is 0.000000846. The Morgan fingerprint density at radius 1 is 0.532 bits per heavy atom. The molecule has 2 unspecified atom stereocenters. The molecule has 0 saturated heterocycles. The topological polar surface area (TPSA) is 80.8 Å². The zero-order valence-corrected chi connectivity index (χ0v) is 21.8.